The van der Waals surface area contributed by atoms with E-state index in [-0.39, 0.29) is 11.3 Å². The number of rotatable bonds is 7. The van der Waals surface area contributed by atoms with Gasteiger partial charge in [0.05, 0.1) is 33.7 Å². The van der Waals surface area contributed by atoms with Gasteiger partial charge < -0.3 is 24.6 Å². The Kier molecular flexibility index (Phi) is 7.39. The van der Waals surface area contributed by atoms with E-state index in [1.807, 2.05) is 0 Å². The van der Waals surface area contributed by atoms with Crippen molar-refractivity contribution in [3.05, 3.63) is 29.8 Å². The number of phenols is 1. The molecule has 0 aliphatic carbocycles. The number of hydrogen-bond acceptors (Lipinski definition) is 8. The van der Waals surface area contributed by atoms with Crippen LogP contribution in [-0.2, 0) is 28.6 Å². The van der Waals surface area contributed by atoms with Gasteiger partial charge in [-0.2, -0.15) is 0 Å². The molecule has 136 valence electrons. The summed E-state index contributed by atoms with van der Waals surface area (Å²) in [5.41, 5.74) is 0.133. The van der Waals surface area contributed by atoms with Crippen molar-refractivity contribution in [2.24, 2.45) is 5.92 Å². The lowest BCUT2D eigenvalue weighted by atomic mass is 9.95. The third-order valence-electron chi connectivity index (χ3n) is 3.39. The SMILES string of the molecule is COC(=O)C[C@@H](C(=O)OC)[C@@H](NC(=O)c1ccc(O)cc1)C(=O)OC. The minimum atomic E-state index is -1.46. The van der Waals surface area contributed by atoms with E-state index in [1.54, 1.807) is 0 Å². The first-order chi connectivity index (χ1) is 11.8. The Balaban J connectivity index is 3.09. The largest absolute Gasteiger partial charge is 0.508 e. The van der Waals surface area contributed by atoms with Gasteiger partial charge in [0.1, 0.15) is 11.8 Å². The van der Waals surface area contributed by atoms with E-state index in [1.165, 1.54) is 24.3 Å². The Bertz CT molecular complexity index is 640. The highest BCUT2D eigenvalue weighted by Crippen LogP contribution is 2.16. The van der Waals surface area contributed by atoms with Crippen LogP contribution in [0.3, 0.4) is 0 Å². The Morgan fingerprint density at radius 1 is 0.960 bits per heavy atom. The van der Waals surface area contributed by atoms with Crippen LogP contribution in [0.25, 0.3) is 0 Å². The molecule has 0 heterocycles. The Labute approximate surface area is 143 Å². The quantitative estimate of drug-likeness (QED) is 0.518. The Morgan fingerprint density at radius 3 is 2.00 bits per heavy atom. The molecule has 0 radical (unpaired) electrons. The average Bonchev–Trinajstić information content (AvgIpc) is 2.63. The summed E-state index contributed by atoms with van der Waals surface area (Å²) in [5.74, 6) is -4.64. The molecule has 2 atom stereocenters. The van der Waals surface area contributed by atoms with E-state index in [4.69, 9.17) is 0 Å². The number of phenolic OH excluding ortho intramolecular Hbond substituents is 1. The van der Waals surface area contributed by atoms with Gasteiger partial charge >= 0.3 is 17.9 Å². The number of aromatic hydroxyl groups is 1. The zero-order valence-electron chi connectivity index (χ0n) is 14.0. The molecule has 1 aromatic rings. The zero-order chi connectivity index (χ0) is 19.0. The molecule has 1 aromatic carbocycles. The lowest BCUT2D eigenvalue weighted by Crippen LogP contribution is -2.50. The molecule has 2 N–H and O–H groups in total. The molecule has 1 amide bonds. The van der Waals surface area contributed by atoms with Crippen LogP contribution in [0.2, 0.25) is 0 Å². The van der Waals surface area contributed by atoms with Crippen molar-refractivity contribution >= 4 is 23.8 Å². The highest BCUT2D eigenvalue weighted by molar-refractivity contribution is 5.98. The third-order valence-corrected chi connectivity index (χ3v) is 3.39. The highest BCUT2D eigenvalue weighted by Gasteiger charge is 2.38. The van der Waals surface area contributed by atoms with Gasteiger partial charge in [0.25, 0.3) is 5.91 Å². The van der Waals surface area contributed by atoms with E-state index >= 15 is 0 Å². The summed E-state index contributed by atoms with van der Waals surface area (Å²) in [4.78, 5) is 47.8. The minimum absolute atomic E-state index is 0.0424. The monoisotopic (exact) mass is 353 g/mol. The summed E-state index contributed by atoms with van der Waals surface area (Å²) in [6.45, 7) is 0. The fraction of sp³-hybridized carbons (Fsp3) is 0.375. The maximum absolute atomic E-state index is 12.3. The molecule has 0 saturated heterocycles. The van der Waals surface area contributed by atoms with E-state index in [9.17, 15) is 24.3 Å². The van der Waals surface area contributed by atoms with E-state index < -0.39 is 42.2 Å². The van der Waals surface area contributed by atoms with Crippen molar-refractivity contribution in [3.8, 4) is 5.75 Å². The second-order valence-corrected chi connectivity index (χ2v) is 4.93. The van der Waals surface area contributed by atoms with Crippen LogP contribution >= 0.6 is 0 Å². The molecule has 1 rings (SSSR count). The normalized spacial score (nSPS) is 12.4. The minimum Gasteiger partial charge on any atom is -0.508 e. The predicted molar refractivity (Wildman–Crippen MR) is 83.5 cm³/mol. The van der Waals surface area contributed by atoms with Gasteiger partial charge in [-0.15, -0.1) is 0 Å². The molecule has 0 aromatic heterocycles. The van der Waals surface area contributed by atoms with Crippen molar-refractivity contribution in [1.82, 2.24) is 5.32 Å². The number of methoxy groups -OCH3 is 3. The van der Waals surface area contributed by atoms with Gasteiger partial charge in [-0.1, -0.05) is 0 Å². The van der Waals surface area contributed by atoms with Crippen LogP contribution in [0.1, 0.15) is 16.8 Å². The van der Waals surface area contributed by atoms with E-state index in [2.05, 4.69) is 19.5 Å². The molecule has 0 unspecified atom stereocenters. The first-order valence-electron chi connectivity index (χ1n) is 7.16. The first-order valence-corrected chi connectivity index (χ1v) is 7.16. The number of nitrogens with one attached hydrogen (secondary N) is 1. The molecule has 9 nitrogen and oxygen atoms in total. The number of hydrogen-bond donors (Lipinski definition) is 2. The number of amides is 1. The molecule has 0 fully saturated rings. The summed E-state index contributed by atoms with van der Waals surface area (Å²) in [6.07, 6.45) is -0.487. The maximum Gasteiger partial charge on any atom is 0.329 e. The highest BCUT2D eigenvalue weighted by atomic mass is 16.5. The molecular weight excluding hydrogens is 334 g/mol. The molecule has 0 aliphatic rings. The first kappa shape index (κ1) is 19.9. The standard InChI is InChI=1S/C16H19NO8/c1-23-12(19)8-11(15(21)24-2)13(16(22)25-3)17-14(20)9-4-6-10(18)7-5-9/h4-7,11,13,18H,8H2,1-3H3,(H,17,20)/t11-,13-/m1/s1. The van der Waals surface area contributed by atoms with Crippen molar-refractivity contribution in [2.45, 2.75) is 12.5 Å². The van der Waals surface area contributed by atoms with Crippen LogP contribution in [0.4, 0.5) is 0 Å². The predicted octanol–water partition coefficient (Wildman–Crippen LogP) is 0.0159. The van der Waals surface area contributed by atoms with Crippen LogP contribution < -0.4 is 5.32 Å². The van der Waals surface area contributed by atoms with Crippen LogP contribution in [0, 0.1) is 5.92 Å². The molecule has 0 aliphatic heterocycles. The van der Waals surface area contributed by atoms with Gasteiger partial charge in [-0.05, 0) is 24.3 Å². The average molecular weight is 353 g/mol. The van der Waals surface area contributed by atoms with Crippen molar-refractivity contribution in [2.75, 3.05) is 21.3 Å². The summed E-state index contributed by atoms with van der Waals surface area (Å²) in [5, 5.41) is 11.6. The van der Waals surface area contributed by atoms with Gasteiger partial charge in [0.15, 0.2) is 0 Å². The van der Waals surface area contributed by atoms with Crippen LogP contribution in [0.15, 0.2) is 24.3 Å². The van der Waals surface area contributed by atoms with Crippen molar-refractivity contribution < 1.29 is 38.5 Å². The number of carbonyl (C=O) groups excluding carboxylic acids is 4. The lowest BCUT2D eigenvalue weighted by molar-refractivity contribution is -0.158. The van der Waals surface area contributed by atoms with Gasteiger partial charge in [-0.25, -0.2) is 4.79 Å². The number of ether oxygens (including phenoxy) is 3. The smallest absolute Gasteiger partial charge is 0.329 e. The summed E-state index contributed by atoms with van der Waals surface area (Å²) in [6, 6.07) is 3.76. The van der Waals surface area contributed by atoms with Gasteiger partial charge in [0, 0.05) is 5.56 Å². The molecule has 9 heteroatoms. The second kappa shape index (κ2) is 9.26. The summed E-state index contributed by atoms with van der Waals surface area (Å²) >= 11 is 0. The van der Waals surface area contributed by atoms with Crippen LogP contribution in [0.5, 0.6) is 5.75 Å². The lowest BCUT2D eigenvalue weighted by Gasteiger charge is -2.23. The van der Waals surface area contributed by atoms with Crippen LogP contribution in [-0.4, -0.2) is 56.3 Å². The fourth-order valence-electron chi connectivity index (χ4n) is 2.04. The van der Waals surface area contributed by atoms with Crippen molar-refractivity contribution in [3.63, 3.8) is 0 Å². The summed E-state index contributed by atoms with van der Waals surface area (Å²) < 4.78 is 13.7. The molecule has 0 spiro atoms. The zero-order valence-corrected chi connectivity index (χ0v) is 14.0. The molecular formula is C16H19NO8. The topological polar surface area (TPSA) is 128 Å². The Hall–Kier alpha value is -3.10. The maximum atomic E-state index is 12.3. The van der Waals surface area contributed by atoms with Gasteiger partial charge in [0.2, 0.25) is 0 Å². The number of carbonyl (C=O) groups is 4. The number of esters is 3. The third kappa shape index (κ3) is 5.48. The number of benzene rings is 1. The second-order valence-electron chi connectivity index (χ2n) is 4.93. The molecule has 25 heavy (non-hydrogen) atoms. The molecule has 0 bridgehead atoms. The van der Waals surface area contributed by atoms with E-state index in [0.717, 1.165) is 21.3 Å². The Morgan fingerprint density at radius 2 is 1.52 bits per heavy atom. The van der Waals surface area contributed by atoms with Crippen molar-refractivity contribution in [1.29, 1.82) is 0 Å². The molecule has 0 saturated carbocycles. The van der Waals surface area contributed by atoms with Gasteiger partial charge in [-0.3, -0.25) is 14.4 Å². The fourth-order valence-corrected chi connectivity index (χ4v) is 2.04. The van der Waals surface area contributed by atoms with E-state index in [0.29, 0.717) is 0 Å². The summed E-state index contributed by atoms with van der Waals surface area (Å²) in [7, 11) is 3.29.